The molecule has 1 N–H and O–H groups in total. The summed E-state index contributed by atoms with van der Waals surface area (Å²) in [4.78, 5) is 6.14. The van der Waals surface area contributed by atoms with Crippen LogP contribution in [-0.2, 0) is 9.84 Å². The normalized spacial score (nSPS) is 21.5. The largest absolute Gasteiger partial charge is 0.352 e. The van der Waals surface area contributed by atoms with Crippen LogP contribution in [0, 0.1) is 0 Å². The molecule has 0 aliphatic carbocycles. The first kappa shape index (κ1) is 19.2. The second-order valence-electron chi connectivity index (χ2n) is 4.92. The van der Waals surface area contributed by atoms with Gasteiger partial charge in [-0.15, -0.1) is 24.0 Å². The number of hydrogen-bond acceptors (Lipinski definition) is 3. The van der Waals surface area contributed by atoms with Gasteiger partial charge in [0, 0.05) is 31.2 Å². The molecular formula is C11H21BrIN3O2S. The summed E-state index contributed by atoms with van der Waals surface area (Å²) in [7, 11) is -1.33. The second-order valence-corrected chi connectivity index (χ2v) is 8.78. The molecule has 0 saturated carbocycles. The standard InChI is InChI=1S/C11H20BrN3O2S.HI/c1-9(12)7-14-10(13-4)15-5-6-18(16,17)11(2,3)8-15;/h1,5-8H2,2-4H3,(H,13,14);1H. The minimum Gasteiger partial charge on any atom is -0.352 e. The van der Waals surface area contributed by atoms with Gasteiger partial charge in [0.25, 0.3) is 0 Å². The zero-order valence-corrected chi connectivity index (χ0v) is 16.2. The molecule has 1 saturated heterocycles. The van der Waals surface area contributed by atoms with Crippen molar-refractivity contribution in [3.8, 4) is 0 Å². The van der Waals surface area contributed by atoms with E-state index in [4.69, 9.17) is 0 Å². The third-order valence-electron chi connectivity index (χ3n) is 2.99. The predicted molar refractivity (Wildman–Crippen MR) is 94.3 cm³/mol. The van der Waals surface area contributed by atoms with Gasteiger partial charge in [0.1, 0.15) is 0 Å². The molecule has 5 nitrogen and oxygen atoms in total. The zero-order chi connectivity index (χ0) is 14.0. The van der Waals surface area contributed by atoms with Gasteiger partial charge >= 0.3 is 0 Å². The summed E-state index contributed by atoms with van der Waals surface area (Å²) in [5.74, 6) is 0.870. The third-order valence-corrected chi connectivity index (χ3v) is 5.81. The van der Waals surface area contributed by atoms with Crippen LogP contribution in [0.1, 0.15) is 13.8 Å². The highest BCUT2D eigenvalue weighted by Crippen LogP contribution is 2.23. The Bertz CT molecular complexity index is 463. The van der Waals surface area contributed by atoms with E-state index in [0.29, 0.717) is 25.6 Å². The van der Waals surface area contributed by atoms with Gasteiger partial charge in [-0.25, -0.2) is 8.42 Å². The van der Waals surface area contributed by atoms with Gasteiger partial charge in [-0.2, -0.15) is 0 Å². The van der Waals surface area contributed by atoms with E-state index >= 15 is 0 Å². The van der Waals surface area contributed by atoms with E-state index in [1.165, 1.54) is 0 Å². The minimum atomic E-state index is -3.02. The molecule has 0 aromatic carbocycles. The maximum atomic E-state index is 11.9. The number of aliphatic imine (C=N–C) groups is 1. The molecule has 8 heteroatoms. The van der Waals surface area contributed by atoms with Crippen molar-refractivity contribution in [2.24, 2.45) is 4.99 Å². The Morgan fingerprint density at radius 1 is 1.53 bits per heavy atom. The number of nitrogens with one attached hydrogen (secondary N) is 1. The molecule has 1 rings (SSSR count). The van der Waals surface area contributed by atoms with Crippen LogP contribution in [0.25, 0.3) is 0 Å². The molecule has 0 bridgehead atoms. The Hall–Kier alpha value is 0.170. The summed E-state index contributed by atoms with van der Waals surface area (Å²) < 4.78 is 23.9. The molecule has 0 amide bonds. The van der Waals surface area contributed by atoms with E-state index in [2.05, 4.69) is 32.8 Å². The van der Waals surface area contributed by atoms with E-state index in [9.17, 15) is 8.42 Å². The molecule has 1 aliphatic rings. The summed E-state index contributed by atoms with van der Waals surface area (Å²) in [6, 6.07) is 0. The second kappa shape index (κ2) is 7.26. The number of sulfone groups is 1. The molecule has 1 fully saturated rings. The Morgan fingerprint density at radius 3 is 2.53 bits per heavy atom. The number of hydrogen-bond donors (Lipinski definition) is 1. The fraction of sp³-hybridized carbons (Fsp3) is 0.727. The highest BCUT2D eigenvalue weighted by molar-refractivity contribution is 14.0. The van der Waals surface area contributed by atoms with Crippen LogP contribution in [0.5, 0.6) is 0 Å². The lowest BCUT2D eigenvalue weighted by Crippen LogP contribution is -2.57. The summed E-state index contributed by atoms with van der Waals surface area (Å²) in [6.45, 7) is 8.74. The molecule has 0 spiro atoms. The lowest BCUT2D eigenvalue weighted by molar-refractivity contribution is 0.354. The first-order valence-electron chi connectivity index (χ1n) is 5.71. The van der Waals surface area contributed by atoms with E-state index in [-0.39, 0.29) is 29.7 Å². The van der Waals surface area contributed by atoms with E-state index in [0.717, 1.165) is 4.48 Å². The highest BCUT2D eigenvalue weighted by Gasteiger charge is 2.40. The summed E-state index contributed by atoms with van der Waals surface area (Å²) in [5.41, 5.74) is 0. The van der Waals surface area contributed by atoms with Gasteiger partial charge in [0.05, 0.1) is 10.5 Å². The van der Waals surface area contributed by atoms with Crippen LogP contribution in [0.2, 0.25) is 0 Å². The minimum absolute atomic E-state index is 0. The molecular weight excluding hydrogens is 445 g/mol. The van der Waals surface area contributed by atoms with Crippen molar-refractivity contribution in [3.05, 3.63) is 11.1 Å². The van der Waals surface area contributed by atoms with Gasteiger partial charge in [0.15, 0.2) is 15.8 Å². The molecule has 112 valence electrons. The maximum absolute atomic E-state index is 11.9. The lowest BCUT2D eigenvalue weighted by atomic mass is 10.2. The van der Waals surface area contributed by atoms with Gasteiger partial charge in [-0.05, 0) is 13.8 Å². The predicted octanol–water partition coefficient (Wildman–Crippen LogP) is 1.60. The smallest absolute Gasteiger partial charge is 0.194 e. The first-order valence-corrected chi connectivity index (χ1v) is 8.15. The Kier molecular flexibility index (Phi) is 7.32. The van der Waals surface area contributed by atoms with Crippen LogP contribution >= 0.6 is 39.9 Å². The molecule has 0 unspecified atom stereocenters. The van der Waals surface area contributed by atoms with Gasteiger partial charge in [-0.3, -0.25) is 4.99 Å². The van der Waals surface area contributed by atoms with E-state index < -0.39 is 14.6 Å². The Morgan fingerprint density at radius 2 is 2.11 bits per heavy atom. The van der Waals surface area contributed by atoms with Gasteiger partial charge in [0.2, 0.25) is 0 Å². The van der Waals surface area contributed by atoms with Crippen molar-refractivity contribution >= 4 is 55.7 Å². The van der Waals surface area contributed by atoms with Gasteiger partial charge in [-0.1, -0.05) is 22.5 Å². The molecule has 0 aromatic rings. The van der Waals surface area contributed by atoms with Crippen LogP contribution < -0.4 is 5.32 Å². The number of nitrogens with zero attached hydrogens (tertiary/aromatic N) is 2. The summed E-state index contributed by atoms with van der Waals surface area (Å²) in [6.07, 6.45) is 0. The zero-order valence-electron chi connectivity index (χ0n) is 11.4. The van der Waals surface area contributed by atoms with Crippen LogP contribution in [-0.4, -0.2) is 56.5 Å². The summed E-state index contributed by atoms with van der Waals surface area (Å²) in [5, 5.41) is 3.14. The number of guanidine groups is 1. The van der Waals surface area contributed by atoms with Crippen molar-refractivity contribution in [1.82, 2.24) is 10.2 Å². The monoisotopic (exact) mass is 465 g/mol. The number of rotatable bonds is 2. The first-order chi connectivity index (χ1) is 8.19. The molecule has 0 radical (unpaired) electrons. The van der Waals surface area contributed by atoms with E-state index in [1.54, 1.807) is 20.9 Å². The quantitative estimate of drug-likeness (QED) is 0.382. The summed E-state index contributed by atoms with van der Waals surface area (Å²) >= 11 is 3.27. The molecule has 0 aromatic heterocycles. The fourth-order valence-electron chi connectivity index (χ4n) is 1.83. The fourth-order valence-corrected chi connectivity index (χ4v) is 3.34. The van der Waals surface area contributed by atoms with Gasteiger partial charge < -0.3 is 10.2 Å². The Balaban J connectivity index is 0.00000324. The molecule has 19 heavy (non-hydrogen) atoms. The van der Waals surface area contributed by atoms with Crippen molar-refractivity contribution in [2.45, 2.75) is 18.6 Å². The topological polar surface area (TPSA) is 61.8 Å². The lowest BCUT2D eigenvalue weighted by Gasteiger charge is -2.39. The molecule has 1 aliphatic heterocycles. The van der Waals surface area contributed by atoms with Crippen LogP contribution in [0.15, 0.2) is 16.1 Å². The van der Waals surface area contributed by atoms with Crippen molar-refractivity contribution in [3.63, 3.8) is 0 Å². The third kappa shape index (κ3) is 4.89. The van der Waals surface area contributed by atoms with Crippen LogP contribution in [0.4, 0.5) is 0 Å². The Labute approximate surface area is 141 Å². The average molecular weight is 466 g/mol. The number of halogens is 2. The SMILES string of the molecule is C=C(Br)CNC(=NC)N1CCS(=O)(=O)C(C)(C)C1.I. The molecule has 1 heterocycles. The van der Waals surface area contributed by atoms with Crippen molar-refractivity contribution in [2.75, 3.05) is 32.4 Å². The van der Waals surface area contributed by atoms with E-state index in [1.807, 2.05) is 4.90 Å². The van der Waals surface area contributed by atoms with Crippen LogP contribution in [0.3, 0.4) is 0 Å². The van der Waals surface area contributed by atoms with Crippen molar-refractivity contribution < 1.29 is 8.42 Å². The molecule has 0 atom stereocenters. The van der Waals surface area contributed by atoms with Crippen molar-refractivity contribution in [1.29, 1.82) is 0 Å². The maximum Gasteiger partial charge on any atom is 0.194 e. The highest BCUT2D eigenvalue weighted by atomic mass is 127. The average Bonchev–Trinajstić information content (AvgIpc) is 2.23.